The maximum Gasteiger partial charge on any atom is 0.134 e. The van der Waals surface area contributed by atoms with Crippen LogP contribution in [0.15, 0.2) is 34.9 Å². The van der Waals surface area contributed by atoms with Crippen LogP contribution in [0.4, 0.5) is 0 Å². The number of para-hydroxylation sites is 1. The Labute approximate surface area is 105 Å². The molecule has 0 atom stereocenters. The zero-order valence-electron chi connectivity index (χ0n) is 10.5. The smallest absolute Gasteiger partial charge is 0.134 e. The van der Waals surface area contributed by atoms with Gasteiger partial charge in [-0.2, -0.15) is 5.10 Å². The molecule has 2 heterocycles. The summed E-state index contributed by atoms with van der Waals surface area (Å²) in [4.78, 5) is 0. The maximum atomic E-state index is 5.70. The molecule has 0 bridgehead atoms. The van der Waals surface area contributed by atoms with E-state index in [1.807, 2.05) is 36.9 Å². The molecule has 18 heavy (non-hydrogen) atoms. The highest BCUT2D eigenvalue weighted by Crippen LogP contribution is 2.33. The fraction of sp³-hybridized carbons (Fsp3) is 0.214. The summed E-state index contributed by atoms with van der Waals surface area (Å²) in [6.07, 6.45) is 1.79. The average Bonchev–Trinajstić information content (AvgIpc) is 2.91. The third-order valence-corrected chi connectivity index (χ3v) is 3.31. The van der Waals surface area contributed by atoms with Crippen molar-refractivity contribution < 1.29 is 4.42 Å². The summed E-state index contributed by atoms with van der Waals surface area (Å²) in [5.74, 6) is 0. The topological polar surface area (TPSA) is 57.0 Å². The van der Waals surface area contributed by atoms with Gasteiger partial charge in [-0.15, -0.1) is 0 Å². The van der Waals surface area contributed by atoms with E-state index in [9.17, 15) is 0 Å². The van der Waals surface area contributed by atoms with Gasteiger partial charge in [0, 0.05) is 24.5 Å². The third-order valence-electron chi connectivity index (χ3n) is 3.31. The number of furan rings is 1. The van der Waals surface area contributed by atoms with Crippen molar-refractivity contribution in [1.82, 2.24) is 9.78 Å². The Morgan fingerprint density at radius 3 is 2.83 bits per heavy atom. The molecule has 0 spiro atoms. The Kier molecular flexibility index (Phi) is 2.45. The van der Waals surface area contributed by atoms with Crippen LogP contribution in [0.2, 0.25) is 0 Å². The lowest BCUT2D eigenvalue weighted by molar-refractivity contribution is 0.616. The molecule has 0 amide bonds. The molecular weight excluding hydrogens is 226 g/mol. The summed E-state index contributed by atoms with van der Waals surface area (Å²) >= 11 is 0. The van der Waals surface area contributed by atoms with Gasteiger partial charge in [-0.3, -0.25) is 4.68 Å². The molecule has 0 radical (unpaired) electrons. The number of aryl methyl sites for hydroxylation is 1. The third kappa shape index (κ3) is 1.46. The molecular formula is C14H15N3O. The number of hydrogen-bond acceptors (Lipinski definition) is 3. The normalized spacial score (nSPS) is 11.3. The lowest BCUT2D eigenvalue weighted by Crippen LogP contribution is -1.99. The highest BCUT2D eigenvalue weighted by atomic mass is 16.3. The molecule has 92 valence electrons. The second-order valence-corrected chi connectivity index (χ2v) is 4.39. The van der Waals surface area contributed by atoms with Crippen molar-refractivity contribution in [3.8, 4) is 11.3 Å². The van der Waals surface area contributed by atoms with Gasteiger partial charge < -0.3 is 10.2 Å². The van der Waals surface area contributed by atoms with Gasteiger partial charge in [-0.25, -0.2) is 0 Å². The minimum absolute atomic E-state index is 0.454. The zero-order valence-corrected chi connectivity index (χ0v) is 10.5. The maximum absolute atomic E-state index is 5.70. The summed E-state index contributed by atoms with van der Waals surface area (Å²) in [5, 5.41) is 5.55. The van der Waals surface area contributed by atoms with E-state index in [0.29, 0.717) is 6.54 Å². The molecule has 1 aromatic carbocycles. The van der Waals surface area contributed by atoms with Crippen LogP contribution in [0.5, 0.6) is 0 Å². The van der Waals surface area contributed by atoms with Crippen molar-refractivity contribution in [2.24, 2.45) is 12.8 Å². The Bertz CT molecular complexity index is 709. The fourth-order valence-corrected chi connectivity index (χ4v) is 2.42. The summed E-state index contributed by atoms with van der Waals surface area (Å²) < 4.78 is 7.45. The number of hydrogen-bond donors (Lipinski definition) is 1. The van der Waals surface area contributed by atoms with Crippen LogP contribution in [-0.4, -0.2) is 9.78 Å². The molecule has 0 aliphatic heterocycles. The Hall–Kier alpha value is -2.07. The molecule has 0 saturated heterocycles. The van der Waals surface area contributed by atoms with Crippen molar-refractivity contribution >= 4 is 11.0 Å². The lowest BCUT2D eigenvalue weighted by atomic mass is 10.1. The largest absolute Gasteiger partial charge is 0.464 e. The van der Waals surface area contributed by atoms with Gasteiger partial charge in [0.2, 0.25) is 0 Å². The van der Waals surface area contributed by atoms with Crippen LogP contribution < -0.4 is 5.73 Å². The summed E-state index contributed by atoms with van der Waals surface area (Å²) in [7, 11) is 1.93. The first kappa shape index (κ1) is 11.0. The van der Waals surface area contributed by atoms with Crippen LogP contribution in [0.1, 0.15) is 11.3 Å². The Morgan fingerprint density at radius 2 is 2.11 bits per heavy atom. The van der Waals surface area contributed by atoms with E-state index < -0.39 is 0 Å². The second-order valence-electron chi connectivity index (χ2n) is 4.39. The molecule has 4 heteroatoms. The van der Waals surface area contributed by atoms with Crippen LogP contribution >= 0.6 is 0 Å². The summed E-state index contributed by atoms with van der Waals surface area (Å²) in [6.45, 7) is 2.50. The van der Waals surface area contributed by atoms with E-state index in [-0.39, 0.29) is 0 Å². The molecule has 0 unspecified atom stereocenters. The number of fused-ring (bicyclic) bond motifs is 1. The van der Waals surface area contributed by atoms with Crippen molar-refractivity contribution in [1.29, 1.82) is 0 Å². The van der Waals surface area contributed by atoms with Gasteiger partial charge in [0.1, 0.15) is 11.8 Å². The molecule has 2 N–H and O–H groups in total. The molecule has 0 aliphatic carbocycles. The minimum atomic E-state index is 0.454. The number of nitrogens with two attached hydrogens (primary N) is 1. The standard InChI is InChI=1S/C14H15N3O/c1-9-12(7-15)16-17(2)14(9)11-8-18-13-6-4-3-5-10(11)13/h3-6,8H,7,15H2,1-2H3. The first-order valence-corrected chi connectivity index (χ1v) is 5.91. The van der Waals surface area contributed by atoms with E-state index in [1.54, 1.807) is 6.26 Å². The van der Waals surface area contributed by atoms with Crippen molar-refractivity contribution in [2.45, 2.75) is 13.5 Å². The molecule has 0 saturated carbocycles. The van der Waals surface area contributed by atoms with E-state index >= 15 is 0 Å². The van der Waals surface area contributed by atoms with E-state index in [2.05, 4.69) is 11.2 Å². The van der Waals surface area contributed by atoms with Crippen molar-refractivity contribution in [3.05, 3.63) is 41.8 Å². The van der Waals surface area contributed by atoms with Gasteiger partial charge in [-0.1, -0.05) is 18.2 Å². The predicted molar refractivity (Wildman–Crippen MR) is 71.0 cm³/mol. The Morgan fingerprint density at radius 1 is 1.33 bits per heavy atom. The van der Waals surface area contributed by atoms with Crippen LogP contribution in [-0.2, 0) is 13.6 Å². The fourth-order valence-electron chi connectivity index (χ4n) is 2.42. The first-order valence-electron chi connectivity index (χ1n) is 5.91. The monoisotopic (exact) mass is 241 g/mol. The van der Waals surface area contributed by atoms with Gasteiger partial charge in [0.25, 0.3) is 0 Å². The van der Waals surface area contributed by atoms with Crippen molar-refractivity contribution in [3.63, 3.8) is 0 Å². The van der Waals surface area contributed by atoms with E-state index in [1.165, 1.54) is 0 Å². The highest BCUT2D eigenvalue weighted by molar-refractivity contribution is 5.93. The molecule has 0 aliphatic rings. The van der Waals surface area contributed by atoms with E-state index in [4.69, 9.17) is 10.2 Å². The number of aromatic nitrogens is 2. The van der Waals surface area contributed by atoms with E-state index in [0.717, 1.165) is 33.5 Å². The first-order chi connectivity index (χ1) is 8.72. The number of benzene rings is 1. The SMILES string of the molecule is Cc1c(CN)nn(C)c1-c1coc2ccccc12. The highest BCUT2D eigenvalue weighted by Gasteiger charge is 2.16. The predicted octanol–water partition coefficient (Wildman–Crippen LogP) is 2.60. The number of rotatable bonds is 2. The summed E-state index contributed by atoms with van der Waals surface area (Å²) in [5.41, 5.74) is 10.8. The molecule has 2 aromatic heterocycles. The van der Waals surface area contributed by atoms with Crippen molar-refractivity contribution in [2.75, 3.05) is 0 Å². The van der Waals surface area contributed by atoms with Gasteiger partial charge in [0.05, 0.1) is 11.4 Å². The quantitative estimate of drug-likeness (QED) is 0.750. The molecule has 3 rings (SSSR count). The van der Waals surface area contributed by atoms with Gasteiger partial charge >= 0.3 is 0 Å². The molecule has 3 aromatic rings. The van der Waals surface area contributed by atoms with Crippen LogP contribution in [0.3, 0.4) is 0 Å². The average molecular weight is 241 g/mol. The van der Waals surface area contributed by atoms with Gasteiger partial charge in [0.15, 0.2) is 0 Å². The zero-order chi connectivity index (χ0) is 12.7. The minimum Gasteiger partial charge on any atom is -0.464 e. The molecule has 0 fully saturated rings. The number of nitrogens with zero attached hydrogens (tertiary/aromatic N) is 2. The Balaban J connectivity index is 2.29. The summed E-state index contributed by atoms with van der Waals surface area (Å²) in [6, 6.07) is 8.00. The van der Waals surface area contributed by atoms with Crippen LogP contribution in [0, 0.1) is 6.92 Å². The molecule has 4 nitrogen and oxygen atoms in total. The van der Waals surface area contributed by atoms with Gasteiger partial charge in [-0.05, 0) is 18.6 Å². The van der Waals surface area contributed by atoms with Crippen LogP contribution in [0.25, 0.3) is 22.2 Å². The second kappa shape index (κ2) is 3.99. The lowest BCUT2D eigenvalue weighted by Gasteiger charge is -2.01.